The van der Waals surface area contributed by atoms with Gasteiger partial charge in [-0.15, -0.1) is 0 Å². The number of halogens is 3. The number of alkyl halides is 3. The number of benzene rings is 1. The van der Waals surface area contributed by atoms with Crippen LogP contribution in [-0.4, -0.2) is 56.2 Å². The van der Waals surface area contributed by atoms with Crippen LogP contribution >= 0.6 is 0 Å². The van der Waals surface area contributed by atoms with E-state index in [-0.39, 0.29) is 5.97 Å². The summed E-state index contributed by atoms with van der Waals surface area (Å²) < 4.78 is 64.8. The second kappa shape index (κ2) is 9.70. The van der Waals surface area contributed by atoms with Gasteiger partial charge in [0.25, 0.3) is 0 Å². The summed E-state index contributed by atoms with van der Waals surface area (Å²) in [7, 11) is -1.84. The zero-order valence-corrected chi connectivity index (χ0v) is 15.6. The van der Waals surface area contributed by atoms with Crippen molar-refractivity contribution in [3.8, 4) is 0 Å². The van der Waals surface area contributed by atoms with Gasteiger partial charge in [-0.3, -0.25) is 0 Å². The van der Waals surface area contributed by atoms with Gasteiger partial charge in [-0.2, -0.15) is 13.2 Å². The minimum Gasteiger partial charge on any atom is -0.741 e. The molecule has 0 heterocycles. The number of rotatable bonds is 6. The molecule has 0 atom stereocenters. The minimum atomic E-state index is -6.09. The van der Waals surface area contributed by atoms with Gasteiger partial charge in [0, 0.05) is 11.1 Å². The number of carbonyl (C=O) groups excluding carboxylic acids is 1. The lowest BCUT2D eigenvalue weighted by Gasteiger charge is -2.29. The fourth-order valence-corrected chi connectivity index (χ4v) is 1.67. The monoisotopic (exact) mass is 397 g/mol. The van der Waals surface area contributed by atoms with E-state index in [1.54, 1.807) is 6.92 Å². The molecule has 1 rings (SSSR count). The predicted molar refractivity (Wildman–Crippen MR) is 88.6 cm³/mol. The van der Waals surface area contributed by atoms with Gasteiger partial charge in [-0.25, -0.2) is 13.2 Å². The van der Waals surface area contributed by atoms with Crippen LogP contribution in [0.25, 0.3) is 0 Å². The van der Waals surface area contributed by atoms with Gasteiger partial charge in [0.2, 0.25) is 0 Å². The standard InChI is InChI=1S/C15H22NO2.CHF3O3S/c1-13(2)15(17)18-11-10-16(3,4)12-14-8-6-5-7-9-14;2-1(3,4)8(5,6)7/h5-9H,1,10-12H2,2-4H3;(H,5,6,7)/q+1;/p-1. The van der Waals surface area contributed by atoms with E-state index >= 15 is 0 Å². The summed E-state index contributed by atoms with van der Waals surface area (Å²) in [5.74, 6) is -0.310. The van der Waals surface area contributed by atoms with Gasteiger partial charge in [0.15, 0.2) is 10.1 Å². The number of likely N-dealkylation sites (N-methyl/N-ethyl adjacent to an activating group) is 1. The Morgan fingerprint density at radius 1 is 1.23 bits per heavy atom. The predicted octanol–water partition coefficient (Wildman–Crippen LogP) is 2.43. The van der Waals surface area contributed by atoms with Gasteiger partial charge in [0.05, 0.1) is 14.1 Å². The quantitative estimate of drug-likeness (QED) is 0.242. The highest BCUT2D eigenvalue weighted by Gasteiger charge is 2.36. The van der Waals surface area contributed by atoms with E-state index in [4.69, 9.17) is 17.7 Å². The lowest BCUT2D eigenvalue weighted by Crippen LogP contribution is -2.41. The number of quaternary nitrogens is 1. The molecule has 0 fully saturated rings. The maximum atomic E-state index is 11.3. The van der Waals surface area contributed by atoms with Crippen molar-refractivity contribution < 1.29 is 40.2 Å². The summed E-state index contributed by atoms with van der Waals surface area (Å²) in [4.78, 5) is 11.3. The Morgan fingerprint density at radius 3 is 2.08 bits per heavy atom. The maximum Gasteiger partial charge on any atom is 0.485 e. The first-order chi connectivity index (χ1) is 11.7. The minimum absolute atomic E-state index is 0.310. The summed E-state index contributed by atoms with van der Waals surface area (Å²) in [5, 5.41) is 0. The van der Waals surface area contributed by atoms with Crippen molar-refractivity contribution >= 4 is 16.1 Å². The van der Waals surface area contributed by atoms with E-state index in [0.717, 1.165) is 17.6 Å². The zero-order chi connectivity index (χ0) is 20.6. The Morgan fingerprint density at radius 2 is 1.69 bits per heavy atom. The van der Waals surface area contributed by atoms with Crippen LogP contribution in [0.1, 0.15) is 12.5 Å². The SMILES string of the molecule is C=C(C)C(=O)OCC[N+](C)(C)Cc1ccccc1.O=S(=O)([O-])C(F)(F)F. The second-order valence-electron chi connectivity index (χ2n) is 6.12. The molecule has 1 aromatic rings. The Kier molecular flexibility index (Phi) is 8.98. The van der Waals surface area contributed by atoms with Gasteiger partial charge in [-0.05, 0) is 6.92 Å². The summed E-state index contributed by atoms with van der Waals surface area (Å²) in [6.07, 6.45) is 0. The van der Waals surface area contributed by atoms with Crippen LogP contribution in [0.3, 0.4) is 0 Å². The molecule has 0 saturated carbocycles. The van der Waals surface area contributed by atoms with Gasteiger partial charge in [-0.1, -0.05) is 36.9 Å². The van der Waals surface area contributed by atoms with Gasteiger partial charge >= 0.3 is 11.5 Å². The fourth-order valence-electron chi connectivity index (χ4n) is 1.67. The maximum absolute atomic E-state index is 11.3. The largest absolute Gasteiger partial charge is 0.741 e. The zero-order valence-electron chi connectivity index (χ0n) is 14.7. The molecule has 0 bridgehead atoms. The highest BCUT2D eigenvalue weighted by Crippen LogP contribution is 2.20. The van der Waals surface area contributed by atoms with Crippen molar-refractivity contribution in [3.63, 3.8) is 0 Å². The van der Waals surface area contributed by atoms with Crippen molar-refractivity contribution in [2.45, 2.75) is 19.0 Å². The number of esters is 1. The lowest BCUT2D eigenvalue weighted by molar-refractivity contribution is -0.903. The first-order valence-corrected chi connectivity index (χ1v) is 8.77. The van der Waals surface area contributed by atoms with Crippen molar-refractivity contribution in [1.82, 2.24) is 0 Å². The van der Waals surface area contributed by atoms with Crippen molar-refractivity contribution in [2.24, 2.45) is 0 Å². The number of ether oxygens (including phenoxy) is 1. The van der Waals surface area contributed by atoms with Crippen LogP contribution in [0.4, 0.5) is 13.2 Å². The van der Waals surface area contributed by atoms with Crippen molar-refractivity contribution in [2.75, 3.05) is 27.2 Å². The third kappa shape index (κ3) is 10.2. The fraction of sp³-hybridized carbons (Fsp3) is 0.438. The molecular weight excluding hydrogens is 375 g/mol. The van der Waals surface area contributed by atoms with E-state index in [1.807, 2.05) is 18.2 Å². The lowest BCUT2D eigenvalue weighted by atomic mass is 10.2. The molecule has 0 aliphatic carbocycles. The van der Waals surface area contributed by atoms with E-state index in [9.17, 15) is 18.0 Å². The molecule has 0 amide bonds. The average Bonchev–Trinajstić information content (AvgIpc) is 2.45. The average molecular weight is 397 g/mol. The molecule has 10 heteroatoms. The highest BCUT2D eigenvalue weighted by molar-refractivity contribution is 7.86. The van der Waals surface area contributed by atoms with Crippen LogP contribution in [0, 0.1) is 0 Å². The second-order valence-corrected chi connectivity index (χ2v) is 7.49. The number of hydrogen-bond donors (Lipinski definition) is 0. The number of hydrogen-bond acceptors (Lipinski definition) is 5. The number of nitrogens with zero attached hydrogens (tertiary/aromatic N) is 1. The molecule has 0 radical (unpaired) electrons. The molecule has 0 aromatic heterocycles. The molecule has 0 saturated heterocycles. The molecule has 0 aliphatic rings. The van der Waals surface area contributed by atoms with E-state index in [2.05, 4.69) is 32.8 Å². The topological polar surface area (TPSA) is 83.5 Å². The highest BCUT2D eigenvalue weighted by atomic mass is 32.2. The molecule has 148 valence electrons. The molecule has 26 heavy (non-hydrogen) atoms. The molecule has 0 N–H and O–H groups in total. The third-order valence-electron chi connectivity index (χ3n) is 3.02. The van der Waals surface area contributed by atoms with Gasteiger partial charge < -0.3 is 13.8 Å². The molecule has 0 aliphatic heterocycles. The van der Waals surface area contributed by atoms with Crippen LogP contribution in [-0.2, 0) is 26.2 Å². The van der Waals surface area contributed by atoms with Crippen LogP contribution in [0.5, 0.6) is 0 Å². The molecule has 1 aromatic carbocycles. The summed E-state index contributed by atoms with van der Waals surface area (Å²) in [6, 6.07) is 10.3. The smallest absolute Gasteiger partial charge is 0.485 e. The summed E-state index contributed by atoms with van der Waals surface area (Å²) in [5.41, 5.74) is -3.91. The van der Waals surface area contributed by atoms with Crippen molar-refractivity contribution in [1.29, 1.82) is 0 Å². The van der Waals surface area contributed by atoms with E-state index in [1.165, 1.54) is 5.56 Å². The molecule has 6 nitrogen and oxygen atoms in total. The Bertz CT molecular complexity index is 700. The molecule has 0 spiro atoms. The summed E-state index contributed by atoms with van der Waals surface area (Å²) >= 11 is 0. The Balaban J connectivity index is 0.000000660. The summed E-state index contributed by atoms with van der Waals surface area (Å²) in [6.45, 7) is 7.35. The van der Waals surface area contributed by atoms with Crippen molar-refractivity contribution in [3.05, 3.63) is 48.0 Å². The first-order valence-electron chi connectivity index (χ1n) is 7.36. The van der Waals surface area contributed by atoms with Crippen LogP contribution in [0.15, 0.2) is 42.5 Å². The Labute approximate surface area is 151 Å². The Hall–Kier alpha value is -1.91. The van der Waals surface area contributed by atoms with Gasteiger partial charge in [0.1, 0.15) is 19.7 Å². The van der Waals surface area contributed by atoms with E-state index < -0.39 is 15.6 Å². The third-order valence-corrected chi connectivity index (χ3v) is 3.58. The van der Waals surface area contributed by atoms with Crippen LogP contribution in [0.2, 0.25) is 0 Å². The van der Waals surface area contributed by atoms with E-state index in [0.29, 0.717) is 12.2 Å². The first kappa shape index (κ1) is 24.1. The molecular formula is C16H22F3NO5S. The molecule has 0 unspecified atom stereocenters. The van der Waals surface area contributed by atoms with Crippen LogP contribution < -0.4 is 0 Å². The normalized spacial score (nSPS) is 12.0. The number of carbonyl (C=O) groups is 1.